The van der Waals surface area contributed by atoms with Gasteiger partial charge in [0, 0.05) is 24.8 Å². The lowest BCUT2D eigenvalue weighted by Gasteiger charge is -2.18. The second-order valence-electron chi connectivity index (χ2n) is 3.51. The average molecular weight is 237 g/mol. The van der Waals surface area contributed by atoms with E-state index >= 15 is 0 Å². The molecule has 0 atom stereocenters. The molecule has 1 aromatic rings. The molecule has 17 heavy (non-hydrogen) atoms. The number of carbonyl (C=O) groups is 1. The summed E-state index contributed by atoms with van der Waals surface area (Å²) in [5, 5.41) is 10.8. The van der Waals surface area contributed by atoms with Gasteiger partial charge in [0.1, 0.15) is 5.56 Å². The molecule has 0 saturated carbocycles. The van der Waals surface area contributed by atoms with Gasteiger partial charge >= 0.3 is 0 Å². The van der Waals surface area contributed by atoms with Gasteiger partial charge in [0.2, 0.25) is 0 Å². The normalized spacial score (nSPS) is 10.0. The third-order valence-electron chi connectivity index (χ3n) is 2.50. The van der Waals surface area contributed by atoms with Gasteiger partial charge < -0.3 is 10.6 Å². The molecular formula is C11H15N3O3. The molecule has 0 heterocycles. The molecular weight excluding hydrogens is 222 g/mol. The fraction of sp³-hybridized carbons (Fsp3) is 0.364. The molecule has 1 rings (SSSR count). The average Bonchev–Trinajstić information content (AvgIpc) is 2.29. The number of nitro groups is 1. The van der Waals surface area contributed by atoms with Crippen molar-refractivity contribution in [2.75, 3.05) is 18.8 Å². The van der Waals surface area contributed by atoms with E-state index in [0.29, 0.717) is 18.8 Å². The van der Waals surface area contributed by atoms with Crippen molar-refractivity contribution in [3.63, 3.8) is 0 Å². The van der Waals surface area contributed by atoms with Crippen molar-refractivity contribution in [2.24, 2.45) is 0 Å². The minimum atomic E-state index is -0.573. The van der Waals surface area contributed by atoms with Crippen molar-refractivity contribution >= 4 is 17.3 Å². The highest BCUT2D eigenvalue weighted by atomic mass is 16.6. The van der Waals surface area contributed by atoms with Crippen molar-refractivity contribution < 1.29 is 9.72 Å². The highest BCUT2D eigenvalue weighted by Gasteiger charge is 2.23. The molecule has 0 aliphatic carbocycles. The SMILES string of the molecule is CCN(CC)C(=O)c1cc(N)ccc1[N+](=O)[O-]. The molecule has 0 unspecified atom stereocenters. The molecule has 92 valence electrons. The van der Waals surface area contributed by atoms with E-state index in [1.807, 2.05) is 13.8 Å². The van der Waals surface area contributed by atoms with Gasteiger partial charge in [0.25, 0.3) is 11.6 Å². The second kappa shape index (κ2) is 5.29. The van der Waals surface area contributed by atoms with Crippen LogP contribution in [0.4, 0.5) is 11.4 Å². The quantitative estimate of drug-likeness (QED) is 0.490. The Kier molecular flexibility index (Phi) is 4.03. The molecule has 6 heteroatoms. The number of carbonyl (C=O) groups excluding carboxylic acids is 1. The van der Waals surface area contributed by atoms with Crippen LogP contribution in [0.1, 0.15) is 24.2 Å². The minimum Gasteiger partial charge on any atom is -0.399 e. The summed E-state index contributed by atoms with van der Waals surface area (Å²) in [7, 11) is 0. The third kappa shape index (κ3) is 2.72. The van der Waals surface area contributed by atoms with Crippen molar-refractivity contribution in [3.05, 3.63) is 33.9 Å². The summed E-state index contributed by atoms with van der Waals surface area (Å²) in [6.07, 6.45) is 0. The van der Waals surface area contributed by atoms with Gasteiger partial charge in [-0.1, -0.05) is 0 Å². The van der Waals surface area contributed by atoms with E-state index in [2.05, 4.69) is 0 Å². The van der Waals surface area contributed by atoms with Crippen LogP contribution in [0.15, 0.2) is 18.2 Å². The number of nitrogens with two attached hydrogens (primary N) is 1. The largest absolute Gasteiger partial charge is 0.399 e. The summed E-state index contributed by atoms with van der Waals surface area (Å²) in [6.45, 7) is 4.64. The second-order valence-corrected chi connectivity index (χ2v) is 3.51. The summed E-state index contributed by atoms with van der Waals surface area (Å²) in [5.74, 6) is -0.367. The van der Waals surface area contributed by atoms with Crippen LogP contribution in [0.2, 0.25) is 0 Å². The first-order valence-corrected chi connectivity index (χ1v) is 5.34. The molecule has 6 nitrogen and oxygen atoms in total. The zero-order valence-corrected chi connectivity index (χ0v) is 9.84. The fourth-order valence-electron chi connectivity index (χ4n) is 1.57. The number of amides is 1. The Morgan fingerprint density at radius 1 is 1.41 bits per heavy atom. The molecule has 0 aromatic heterocycles. The monoisotopic (exact) mass is 237 g/mol. The van der Waals surface area contributed by atoms with Gasteiger partial charge in [-0.15, -0.1) is 0 Å². The lowest BCUT2D eigenvalue weighted by atomic mass is 10.1. The summed E-state index contributed by atoms with van der Waals surface area (Å²) in [4.78, 5) is 23.8. The first-order valence-electron chi connectivity index (χ1n) is 5.34. The number of hydrogen-bond donors (Lipinski definition) is 1. The Morgan fingerprint density at radius 3 is 2.47 bits per heavy atom. The number of hydrogen-bond acceptors (Lipinski definition) is 4. The van der Waals surface area contributed by atoms with Crippen molar-refractivity contribution in [1.29, 1.82) is 0 Å². The highest BCUT2D eigenvalue weighted by molar-refractivity contribution is 5.99. The van der Waals surface area contributed by atoms with E-state index in [1.165, 1.54) is 23.1 Å². The topological polar surface area (TPSA) is 89.5 Å². The molecule has 0 aliphatic rings. The Bertz CT molecular complexity index is 442. The zero-order chi connectivity index (χ0) is 13.0. The number of nitrogens with zero attached hydrogens (tertiary/aromatic N) is 2. The van der Waals surface area contributed by atoms with E-state index in [-0.39, 0.29) is 17.2 Å². The number of nitrogen functional groups attached to an aromatic ring is 1. The molecule has 1 aromatic carbocycles. The lowest BCUT2D eigenvalue weighted by Crippen LogP contribution is -2.31. The smallest absolute Gasteiger partial charge is 0.282 e. The standard InChI is InChI=1S/C11H15N3O3/c1-3-13(4-2)11(15)9-7-8(12)5-6-10(9)14(16)17/h5-7H,3-4,12H2,1-2H3. The maximum atomic E-state index is 12.1. The number of rotatable bonds is 4. The maximum Gasteiger partial charge on any atom is 0.282 e. The maximum absolute atomic E-state index is 12.1. The summed E-state index contributed by atoms with van der Waals surface area (Å²) in [6, 6.07) is 4.02. The fourth-order valence-corrected chi connectivity index (χ4v) is 1.57. The molecule has 2 N–H and O–H groups in total. The van der Waals surface area contributed by atoms with Crippen LogP contribution in [-0.2, 0) is 0 Å². The predicted octanol–water partition coefficient (Wildman–Crippen LogP) is 1.66. The van der Waals surface area contributed by atoms with E-state index in [1.54, 1.807) is 0 Å². The van der Waals surface area contributed by atoms with Crippen LogP contribution in [0.25, 0.3) is 0 Å². The van der Waals surface area contributed by atoms with Gasteiger partial charge in [0.15, 0.2) is 0 Å². The van der Waals surface area contributed by atoms with Gasteiger partial charge in [-0.3, -0.25) is 14.9 Å². The Labute approximate surface area is 99.2 Å². The van der Waals surface area contributed by atoms with Crippen molar-refractivity contribution in [3.8, 4) is 0 Å². The van der Waals surface area contributed by atoms with Crippen LogP contribution in [-0.4, -0.2) is 28.8 Å². The first kappa shape index (κ1) is 13.0. The summed E-state index contributed by atoms with van der Waals surface area (Å²) in [5.41, 5.74) is 5.72. The number of benzene rings is 1. The number of anilines is 1. The van der Waals surface area contributed by atoms with Crippen LogP contribution < -0.4 is 5.73 Å². The summed E-state index contributed by atoms with van der Waals surface area (Å²) < 4.78 is 0. The number of nitro benzene ring substituents is 1. The first-order chi connectivity index (χ1) is 8.01. The van der Waals surface area contributed by atoms with Crippen LogP contribution in [0.3, 0.4) is 0 Å². The van der Waals surface area contributed by atoms with E-state index in [9.17, 15) is 14.9 Å². The summed E-state index contributed by atoms with van der Waals surface area (Å²) >= 11 is 0. The molecule has 0 bridgehead atoms. The van der Waals surface area contributed by atoms with Crippen LogP contribution in [0.5, 0.6) is 0 Å². The molecule has 0 fully saturated rings. The van der Waals surface area contributed by atoms with Crippen LogP contribution >= 0.6 is 0 Å². The molecule has 1 amide bonds. The van der Waals surface area contributed by atoms with E-state index in [4.69, 9.17) is 5.73 Å². The molecule has 0 aliphatic heterocycles. The van der Waals surface area contributed by atoms with Gasteiger partial charge in [-0.05, 0) is 26.0 Å². The molecule has 0 spiro atoms. The zero-order valence-electron chi connectivity index (χ0n) is 9.84. The van der Waals surface area contributed by atoms with Gasteiger partial charge in [-0.25, -0.2) is 0 Å². The van der Waals surface area contributed by atoms with E-state index < -0.39 is 4.92 Å². The van der Waals surface area contributed by atoms with E-state index in [0.717, 1.165) is 0 Å². The highest BCUT2D eigenvalue weighted by Crippen LogP contribution is 2.22. The lowest BCUT2D eigenvalue weighted by molar-refractivity contribution is -0.385. The molecule has 0 saturated heterocycles. The third-order valence-corrected chi connectivity index (χ3v) is 2.50. The van der Waals surface area contributed by atoms with Crippen LogP contribution in [0, 0.1) is 10.1 Å². The predicted molar refractivity (Wildman–Crippen MR) is 64.8 cm³/mol. The Balaban J connectivity index is 3.23. The van der Waals surface area contributed by atoms with Crippen molar-refractivity contribution in [2.45, 2.75) is 13.8 Å². The minimum absolute atomic E-state index is 0.0405. The van der Waals surface area contributed by atoms with Gasteiger partial charge in [0.05, 0.1) is 4.92 Å². The van der Waals surface area contributed by atoms with Crippen molar-refractivity contribution in [1.82, 2.24) is 4.90 Å². The van der Waals surface area contributed by atoms with Gasteiger partial charge in [-0.2, -0.15) is 0 Å². The molecule has 0 radical (unpaired) electrons. The Morgan fingerprint density at radius 2 is 2.00 bits per heavy atom. The Hall–Kier alpha value is -2.11.